The van der Waals surface area contributed by atoms with Crippen molar-refractivity contribution in [2.75, 3.05) is 20.2 Å². The van der Waals surface area contributed by atoms with Crippen molar-refractivity contribution < 1.29 is 17.5 Å². The Kier molecular flexibility index (Phi) is 10.3. The predicted octanol–water partition coefficient (Wildman–Crippen LogP) is 3.07. The molecule has 1 aliphatic rings. The van der Waals surface area contributed by atoms with Gasteiger partial charge in [0.05, 0.1) is 11.0 Å². The minimum atomic E-state index is -3.56. The zero-order valence-corrected chi connectivity index (χ0v) is 21.4. The molecule has 0 bridgehead atoms. The molecule has 2 aromatic rings. The van der Waals surface area contributed by atoms with E-state index in [4.69, 9.17) is 4.74 Å². The second-order valence-corrected chi connectivity index (χ2v) is 9.26. The van der Waals surface area contributed by atoms with E-state index < -0.39 is 10.0 Å². The summed E-state index contributed by atoms with van der Waals surface area (Å²) in [5.41, 5.74) is 2.33. The summed E-state index contributed by atoms with van der Waals surface area (Å²) in [7, 11) is -1.91. The van der Waals surface area contributed by atoms with Crippen molar-refractivity contribution in [1.29, 1.82) is 0 Å². The number of hydrogen-bond donors (Lipinski definition) is 3. The molecular formula is C22H30FIN4O3S. The lowest BCUT2D eigenvalue weighted by molar-refractivity contribution is 0.114. The lowest BCUT2D eigenvalue weighted by atomic mass is 10.1. The van der Waals surface area contributed by atoms with E-state index in [1.807, 2.05) is 6.07 Å². The van der Waals surface area contributed by atoms with Gasteiger partial charge in [0.25, 0.3) is 0 Å². The van der Waals surface area contributed by atoms with Gasteiger partial charge in [0.15, 0.2) is 5.96 Å². The minimum Gasteiger partial charge on any atom is -0.377 e. The summed E-state index contributed by atoms with van der Waals surface area (Å²) >= 11 is 0. The molecule has 7 nitrogen and oxygen atoms in total. The Morgan fingerprint density at radius 2 is 1.78 bits per heavy atom. The SMILES string of the molecule is CN=C(NCc1ccc(S(=O)(=O)NCC2CCCO2)cc1)NCc1ccc(C)c(F)c1.I. The van der Waals surface area contributed by atoms with Crippen LogP contribution in [-0.4, -0.2) is 40.7 Å². The fourth-order valence-corrected chi connectivity index (χ4v) is 4.28. The molecule has 3 N–H and O–H groups in total. The highest BCUT2D eigenvalue weighted by Crippen LogP contribution is 2.14. The lowest BCUT2D eigenvalue weighted by Crippen LogP contribution is -2.36. The van der Waals surface area contributed by atoms with E-state index in [9.17, 15) is 12.8 Å². The number of aliphatic imine (C=N–C) groups is 1. The molecule has 1 fully saturated rings. The zero-order chi connectivity index (χ0) is 22.3. The Morgan fingerprint density at radius 1 is 1.12 bits per heavy atom. The Labute approximate surface area is 206 Å². The molecule has 0 aliphatic carbocycles. The molecular weight excluding hydrogens is 546 g/mol. The van der Waals surface area contributed by atoms with Gasteiger partial charge in [-0.25, -0.2) is 17.5 Å². The van der Waals surface area contributed by atoms with Gasteiger partial charge in [-0.3, -0.25) is 4.99 Å². The fraction of sp³-hybridized carbons (Fsp3) is 0.409. The molecule has 32 heavy (non-hydrogen) atoms. The number of guanidine groups is 1. The van der Waals surface area contributed by atoms with Gasteiger partial charge in [0, 0.05) is 33.3 Å². The molecule has 0 radical (unpaired) electrons. The third-order valence-electron chi connectivity index (χ3n) is 5.14. The summed E-state index contributed by atoms with van der Waals surface area (Å²) in [6.45, 7) is 3.60. The van der Waals surface area contributed by atoms with Crippen LogP contribution in [0.15, 0.2) is 52.4 Å². The van der Waals surface area contributed by atoms with Crippen LogP contribution in [-0.2, 0) is 27.8 Å². The highest BCUT2D eigenvalue weighted by Gasteiger charge is 2.20. The highest BCUT2D eigenvalue weighted by atomic mass is 127. The largest absolute Gasteiger partial charge is 0.377 e. The summed E-state index contributed by atoms with van der Waals surface area (Å²) in [5.74, 6) is 0.332. The molecule has 0 spiro atoms. The number of nitrogens with one attached hydrogen (secondary N) is 3. The van der Waals surface area contributed by atoms with Crippen LogP contribution in [0.3, 0.4) is 0 Å². The summed E-state index contributed by atoms with van der Waals surface area (Å²) < 4.78 is 46.6. The first-order valence-electron chi connectivity index (χ1n) is 10.3. The van der Waals surface area contributed by atoms with E-state index >= 15 is 0 Å². The van der Waals surface area contributed by atoms with Gasteiger partial charge in [0.2, 0.25) is 10.0 Å². The van der Waals surface area contributed by atoms with Crippen LogP contribution in [0.25, 0.3) is 0 Å². The van der Waals surface area contributed by atoms with E-state index in [1.54, 1.807) is 44.3 Å². The Morgan fingerprint density at radius 3 is 2.38 bits per heavy atom. The first kappa shape index (κ1) is 26.5. The predicted molar refractivity (Wildman–Crippen MR) is 134 cm³/mol. The number of halogens is 2. The van der Waals surface area contributed by atoms with E-state index in [1.165, 1.54) is 6.07 Å². The molecule has 2 aromatic carbocycles. The van der Waals surface area contributed by atoms with Crippen LogP contribution < -0.4 is 15.4 Å². The Bertz CT molecular complexity index is 1010. The molecule has 1 unspecified atom stereocenters. The topological polar surface area (TPSA) is 91.8 Å². The average Bonchev–Trinajstić information content (AvgIpc) is 3.29. The summed E-state index contributed by atoms with van der Waals surface area (Å²) in [4.78, 5) is 4.38. The van der Waals surface area contributed by atoms with Gasteiger partial charge < -0.3 is 15.4 Å². The van der Waals surface area contributed by atoms with Crippen LogP contribution in [0.1, 0.15) is 29.5 Å². The van der Waals surface area contributed by atoms with Crippen molar-refractivity contribution in [3.8, 4) is 0 Å². The van der Waals surface area contributed by atoms with Crippen LogP contribution >= 0.6 is 24.0 Å². The Hall–Kier alpha value is -1.76. The number of hydrogen-bond acceptors (Lipinski definition) is 4. The van der Waals surface area contributed by atoms with Crippen molar-refractivity contribution in [3.63, 3.8) is 0 Å². The van der Waals surface area contributed by atoms with E-state index in [0.717, 1.165) is 24.0 Å². The molecule has 1 atom stereocenters. The normalized spacial score (nSPS) is 16.5. The summed E-state index contributed by atoms with van der Waals surface area (Å²) in [5, 5.41) is 6.30. The first-order valence-corrected chi connectivity index (χ1v) is 11.8. The molecule has 0 aromatic heterocycles. The van der Waals surface area contributed by atoms with E-state index in [-0.39, 0.29) is 40.8 Å². The maximum atomic E-state index is 13.7. The number of benzene rings is 2. The summed E-state index contributed by atoms with van der Waals surface area (Å²) in [6, 6.07) is 11.8. The lowest BCUT2D eigenvalue weighted by Gasteiger charge is -2.13. The smallest absolute Gasteiger partial charge is 0.240 e. The second kappa shape index (κ2) is 12.5. The van der Waals surface area contributed by atoms with Crippen molar-refractivity contribution in [2.24, 2.45) is 4.99 Å². The van der Waals surface area contributed by atoms with Gasteiger partial charge in [-0.2, -0.15) is 0 Å². The number of nitrogens with zero attached hydrogens (tertiary/aromatic N) is 1. The minimum absolute atomic E-state index is 0. The third kappa shape index (κ3) is 7.68. The van der Waals surface area contributed by atoms with E-state index in [0.29, 0.717) is 37.8 Å². The maximum Gasteiger partial charge on any atom is 0.240 e. The van der Waals surface area contributed by atoms with Gasteiger partial charge in [-0.1, -0.05) is 24.3 Å². The maximum absolute atomic E-state index is 13.7. The molecule has 1 heterocycles. The molecule has 3 rings (SSSR count). The first-order chi connectivity index (χ1) is 14.9. The Balaban J connectivity index is 0.00000363. The standard InChI is InChI=1S/C22H29FN4O3S.HI/c1-16-5-6-18(12-21(16)23)14-26-22(24-2)25-13-17-7-9-20(10-8-17)31(28,29)27-15-19-4-3-11-30-19;/h5-10,12,19,27H,3-4,11,13-15H2,1-2H3,(H2,24,25,26);1H. The molecule has 0 amide bonds. The van der Waals surface area contributed by atoms with E-state index in [2.05, 4.69) is 20.3 Å². The average molecular weight is 576 g/mol. The molecule has 10 heteroatoms. The molecule has 1 aliphatic heterocycles. The molecule has 1 saturated heterocycles. The highest BCUT2D eigenvalue weighted by molar-refractivity contribution is 14.0. The van der Waals surface area contributed by atoms with Crippen LogP contribution in [0.5, 0.6) is 0 Å². The second-order valence-electron chi connectivity index (χ2n) is 7.49. The van der Waals surface area contributed by atoms with Gasteiger partial charge >= 0.3 is 0 Å². The quantitative estimate of drug-likeness (QED) is 0.255. The number of rotatable bonds is 8. The van der Waals surface area contributed by atoms with Gasteiger partial charge in [-0.05, 0) is 54.7 Å². The van der Waals surface area contributed by atoms with Crippen LogP contribution in [0.4, 0.5) is 4.39 Å². The van der Waals surface area contributed by atoms with Crippen LogP contribution in [0.2, 0.25) is 0 Å². The number of ether oxygens (including phenoxy) is 1. The molecule has 0 saturated carbocycles. The fourth-order valence-electron chi connectivity index (χ4n) is 3.22. The summed E-state index contributed by atoms with van der Waals surface area (Å²) in [6.07, 6.45) is 1.80. The number of sulfonamides is 1. The third-order valence-corrected chi connectivity index (χ3v) is 6.58. The van der Waals surface area contributed by atoms with Crippen molar-refractivity contribution in [3.05, 3.63) is 65.0 Å². The van der Waals surface area contributed by atoms with Gasteiger partial charge in [0.1, 0.15) is 5.82 Å². The zero-order valence-electron chi connectivity index (χ0n) is 18.2. The monoisotopic (exact) mass is 576 g/mol. The number of aryl methyl sites for hydroxylation is 1. The van der Waals surface area contributed by atoms with Crippen molar-refractivity contribution in [1.82, 2.24) is 15.4 Å². The van der Waals surface area contributed by atoms with Crippen LogP contribution in [0, 0.1) is 12.7 Å². The van der Waals surface area contributed by atoms with Crippen molar-refractivity contribution in [2.45, 2.75) is 43.9 Å². The molecule has 176 valence electrons. The van der Waals surface area contributed by atoms with Crippen molar-refractivity contribution >= 4 is 40.0 Å². The van der Waals surface area contributed by atoms with Gasteiger partial charge in [-0.15, -0.1) is 24.0 Å².